The lowest BCUT2D eigenvalue weighted by Crippen LogP contribution is -2.56. The van der Waals surface area contributed by atoms with Gasteiger partial charge in [-0.15, -0.1) is 0 Å². The standard InChI is InChI=1S/C19H29NO/c1-18-8-4-5-15(18)14-12-20(3)17-11-13(21)6-10-19(17,2)16(14)7-9-18/h11,14-16H,4-10,12H2,1-3H3/t14-,15-,16-,18-,19+/m0/s1. The maximum atomic E-state index is 11.9. The number of piperidine rings is 1. The largest absolute Gasteiger partial charge is 0.377 e. The molecule has 3 fully saturated rings. The number of allylic oxidation sites excluding steroid dienone is 2. The highest BCUT2D eigenvalue weighted by Gasteiger charge is 2.57. The van der Waals surface area contributed by atoms with E-state index in [1.54, 1.807) is 0 Å². The van der Waals surface area contributed by atoms with Gasteiger partial charge in [-0.25, -0.2) is 0 Å². The Balaban J connectivity index is 1.73. The van der Waals surface area contributed by atoms with Crippen molar-refractivity contribution in [3.05, 3.63) is 11.8 Å². The van der Waals surface area contributed by atoms with E-state index in [2.05, 4.69) is 25.8 Å². The molecule has 2 saturated carbocycles. The van der Waals surface area contributed by atoms with E-state index in [1.165, 1.54) is 44.3 Å². The zero-order valence-corrected chi connectivity index (χ0v) is 13.8. The minimum Gasteiger partial charge on any atom is -0.377 e. The molecule has 3 aliphatic carbocycles. The van der Waals surface area contributed by atoms with Crippen molar-refractivity contribution in [1.82, 2.24) is 4.90 Å². The number of carbonyl (C=O) groups excluding carboxylic acids is 1. The van der Waals surface area contributed by atoms with Crippen molar-refractivity contribution in [1.29, 1.82) is 0 Å². The van der Waals surface area contributed by atoms with E-state index in [0.717, 1.165) is 30.6 Å². The van der Waals surface area contributed by atoms with Crippen LogP contribution in [0.2, 0.25) is 0 Å². The van der Waals surface area contributed by atoms with Crippen molar-refractivity contribution in [3.63, 3.8) is 0 Å². The molecule has 2 nitrogen and oxygen atoms in total. The molecule has 116 valence electrons. The molecule has 1 aliphatic heterocycles. The molecule has 0 aromatic heterocycles. The molecular weight excluding hydrogens is 258 g/mol. The summed E-state index contributed by atoms with van der Waals surface area (Å²) in [5, 5.41) is 0. The molecule has 0 radical (unpaired) electrons. The lowest BCUT2D eigenvalue weighted by Gasteiger charge is -2.59. The molecule has 0 aromatic rings. The van der Waals surface area contributed by atoms with Crippen molar-refractivity contribution in [3.8, 4) is 0 Å². The Morgan fingerprint density at radius 1 is 1.14 bits per heavy atom. The minimum absolute atomic E-state index is 0.259. The number of nitrogens with zero attached hydrogens (tertiary/aromatic N) is 1. The first-order valence-electron chi connectivity index (χ1n) is 8.90. The Bertz CT molecular complexity index is 510. The van der Waals surface area contributed by atoms with Crippen LogP contribution in [0.1, 0.15) is 58.8 Å². The van der Waals surface area contributed by atoms with Gasteiger partial charge in [-0.3, -0.25) is 4.79 Å². The van der Waals surface area contributed by atoms with Crippen molar-refractivity contribution in [2.75, 3.05) is 13.6 Å². The van der Waals surface area contributed by atoms with Gasteiger partial charge in [-0.1, -0.05) is 20.3 Å². The number of likely N-dealkylation sites (tertiary alicyclic amines) is 1. The van der Waals surface area contributed by atoms with E-state index >= 15 is 0 Å². The van der Waals surface area contributed by atoms with Crippen LogP contribution in [0, 0.1) is 28.6 Å². The minimum atomic E-state index is 0.259. The molecule has 0 bridgehead atoms. The van der Waals surface area contributed by atoms with Crippen LogP contribution in [0.3, 0.4) is 0 Å². The van der Waals surface area contributed by atoms with Crippen LogP contribution in [0.4, 0.5) is 0 Å². The predicted octanol–water partition coefficient (Wildman–Crippen LogP) is 4.02. The summed E-state index contributed by atoms with van der Waals surface area (Å²) in [5.74, 6) is 2.93. The van der Waals surface area contributed by atoms with Crippen LogP contribution in [0.15, 0.2) is 11.8 Å². The van der Waals surface area contributed by atoms with Crippen LogP contribution in [0.5, 0.6) is 0 Å². The number of hydrogen-bond acceptors (Lipinski definition) is 2. The Hall–Kier alpha value is -0.790. The zero-order chi connectivity index (χ0) is 14.8. The molecule has 0 amide bonds. The van der Waals surface area contributed by atoms with E-state index in [-0.39, 0.29) is 5.41 Å². The molecule has 1 saturated heterocycles. The summed E-state index contributed by atoms with van der Waals surface area (Å²) in [5.41, 5.74) is 2.22. The summed E-state index contributed by atoms with van der Waals surface area (Å²) >= 11 is 0. The van der Waals surface area contributed by atoms with E-state index in [9.17, 15) is 4.79 Å². The van der Waals surface area contributed by atoms with Crippen molar-refractivity contribution in [2.24, 2.45) is 28.6 Å². The van der Waals surface area contributed by atoms with Crippen molar-refractivity contribution in [2.45, 2.75) is 58.8 Å². The molecule has 4 aliphatic rings. The first-order chi connectivity index (χ1) is 9.94. The lowest BCUT2D eigenvalue weighted by atomic mass is 9.50. The second kappa shape index (κ2) is 4.36. The summed E-state index contributed by atoms with van der Waals surface area (Å²) in [6.45, 7) is 6.19. The van der Waals surface area contributed by atoms with Gasteiger partial charge in [0.05, 0.1) is 0 Å². The molecule has 5 atom stereocenters. The Morgan fingerprint density at radius 3 is 2.76 bits per heavy atom. The third-order valence-corrected chi connectivity index (χ3v) is 7.71. The van der Waals surface area contributed by atoms with Crippen LogP contribution < -0.4 is 0 Å². The van der Waals surface area contributed by atoms with Crippen LogP contribution in [-0.4, -0.2) is 24.3 Å². The van der Waals surface area contributed by atoms with Crippen LogP contribution >= 0.6 is 0 Å². The van der Waals surface area contributed by atoms with Gasteiger partial charge in [0.15, 0.2) is 5.78 Å². The molecule has 4 rings (SSSR count). The topological polar surface area (TPSA) is 20.3 Å². The second-order valence-corrected chi connectivity index (χ2v) is 8.76. The van der Waals surface area contributed by atoms with Gasteiger partial charge in [0, 0.05) is 37.2 Å². The lowest BCUT2D eigenvalue weighted by molar-refractivity contribution is -0.118. The number of carbonyl (C=O) groups is 1. The van der Waals surface area contributed by atoms with Gasteiger partial charge in [-0.2, -0.15) is 0 Å². The fourth-order valence-corrected chi connectivity index (χ4v) is 6.56. The Kier molecular flexibility index (Phi) is 2.88. The summed E-state index contributed by atoms with van der Waals surface area (Å²) in [4.78, 5) is 14.3. The van der Waals surface area contributed by atoms with Gasteiger partial charge in [0.1, 0.15) is 0 Å². The van der Waals surface area contributed by atoms with E-state index in [1.807, 2.05) is 6.08 Å². The molecule has 1 heterocycles. The summed E-state index contributed by atoms with van der Waals surface area (Å²) < 4.78 is 0. The van der Waals surface area contributed by atoms with Gasteiger partial charge in [0.25, 0.3) is 0 Å². The van der Waals surface area contributed by atoms with Crippen molar-refractivity contribution >= 4 is 5.78 Å². The van der Waals surface area contributed by atoms with Crippen LogP contribution in [0.25, 0.3) is 0 Å². The molecule has 2 heteroatoms. The highest BCUT2D eigenvalue weighted by atomic mass is 16.1. The SMILES string of the molecule is CN1C[C@H]2[C@@H]3CCC[C@@]3(C)CC[C@@H]2[C@@]2(C)CCC(=O)C=C12. The first-order valence-corrected chi connectivity index (χ1v) is 8.90. The molecule has 0 aromatic carbocycles. The molecule has 0 N–H and O–H groups in total. The summed E-state index contributed by atoms with van der Waals surface area (Å²) in [6.07, 6.45) is 10.9. The van der Waals surface area contributed by atoms with Gasteiger partial charge >= 0.3 is 0 Å². The molecule has 0 unspecified atom stereocenters. The average Bonchev–Trinajstić information content (AvgIpc) is 2.83. The highest BCUT2D eigenvalue weighted by Crippen LogP contribution is 2.63. The fourth-order valence-electron chi connectivity index (χ4n) is 6.56. The Labute approximate surface area is 129 Å². The van der Waals surface area contributed by atoms with E-state index in [0.29, 0.717) is 11.2 Å². The maximum Gasteiger partial charge on any atom is 0.157 e. The summed E-state index contributed by atoms with van der Waals surface area (Å²) in [7, 11) is 2.22. The predicted molar refractivity (Wildman–Crippen MR) is 84.7 cm³/mol. The third kappa shape index (κ3) is 1.80. The summed E-state index contributed by atoms with van der Waals surface area (Å²) in [6, 6.07) is 0. The van der Waals surface area contributed by atoms with Crippen molar-refractivity contribution < 1.29 is 4.79 Å². The third-order valence-electron chi connectivity index (χ3n) is 7.71. The monoisotopic (exact) mass is 287 g/mol. The van der Waals surface area contributed by atoms with Gasteiger partial charge < -0.3 is 4.90 Å². The number of rotatable bonds is 0. The van der Waals surface area contributed by atoms with Gasteiger partial charge in [0.2, 0.25) is 0 Å². The maximum absolute atomic E-state index is 11.9. The quantitative estimate of drug-likeness (QED) is 0.671. The second-order valence-electron chi connectivity index (χ2n) is 8.76. The molecular formula is C19H29NO. The highest BCUT2D eigenvalue weighted by molar-refractivity contribution is 5.91. The zero-order valence-electron chi connectivity index (χ0n) is 13.8. The normalized spacial score (nSPS) is 49.3. The van der Waals surface area contributed by atoms with Crippen LogP contribution in [-0.2, 0) is 4.79 Å². The molecule has 21 heavy (non-hydrogen) atoms. The number of fused-ring (bicyclic) bond motifs is 5. The first kappa shape index (κ1) is 13.8. The fraction of sp³-hybridized carbons (Fsp3) is 0.842. The van der Waals surface area contributed by atoms with E-state index in [4.69, 9.17) is 0 Å². The van der Waals surface area contributed by atoms with Gasteiger partial charge in [-0.05, 0) is 55.3 Å². The number of ketones is 1. The average molecular weight is 287 g/mol. The number of hydrogen-bond donors (Lipinski definition) is 0. The Morgan fingerprint density at radius 2 is 1.95 bits per heavy atom. The smallest absolute Gasteiger partial charge is 0.157 e. The van der Waals surface area contributed by atoms with E-state index < -0.39 is 0 Å². The molecule has 0 spiro atoms.